The molecule has 0 bridgehead atoms. The van der Waals surface area contributed by atoms with Crippen LogP contribution in [0.4, 0.5) is 10.1 Å². The average molecular weight is 347 g/mol. The average Bonchev–Trinajstić information content (AvgIpc) is 2.40. The number of nitrogens with two attached hydrogens (primary N) is 1. The Hall–Kier alpha value is -1.34. The van der Waals surface area contributed by atoms with Crippen molar-refractivity contribution in [3.05, 3.63) is 28.0 Å². The highest BCUT2D eigenvalue weighted by Crippen LogP contribution is 2.29. The topological polar surface area (TPSA) is 65.1 Å². The van der Waals surface area contributed by atoms with Crippen LogP contribution >= 0.6 is 15.9 Å². The number of oxime groups is 1. The van der Waals surface area contributed by atoms with E-state index in [1.807, 2.05) is 26.0 Å². The first-order valence-corrected chi connectivity index (χ1v) is 6.99. The lowest BCUT2D eigenvalue weighted by molar-refractivity contribution is 0.318. The molecule has 0 saturated carbocycles. The fourth-order valence-corrected chi connectivity index (χ4v) is 2.37. The molecule has 0 radical (unpaired) electrons. The third kappa shape index (κ3) is 4.08. The summed E-state index contributed by atoms with van der Waals surface area (Å²) in [6, 6.07) is 3.25. The molecule has 112 valence electrons. The van der Waals surface area contributed by atoms with Crippen molar-refractivity contribution in [2.45, 2.75) is 6.42 Å². The van der Waals surface area contributed by atoms with E-state index in [0.717, 1.165) is 19.5 Å². The van der Waals surface area contributed by atoms with Crippen LogP contribution in [0, 0.1) is 5.82 Å². The van der Waals surface area contributed by atoms with Gasteiger partial charge in [0.25, 0.3) is 0 Å². The van der Waals surface area contributed by atoms with Crippen LogP contribution in [0.3, 0.4) is 0 Å². The maximum atomic E-state index is 14.3. The molecule has 0 saturated heterocycles. The van der Waals surface area contributed by atoms with Crippen molar-refractivity contribution in [2.24, 2.45) is 10.9 Å². The summed E-state index contributed by atoms with van der Waals surface area (Å²) in [5, 5.41) is 11.5. The number of halogens is 2. The first-order chi connectivity index (χ1) is 9.38. The first kappa shape index (κ1) is 16.7. The van der Waals surface area contributed by atoms with Gasteiger partial charge in [0, 0.05) is 19.2 Å². The Balaban J connectivity index is 2.89. The Morgan fingerprint density at radius 1 is 1.35 bits per heavy atom. The number of nitrogens with zero attached hydrogens (tertiary/aromatic N) is 3. The SMILES string of the molecule is CN(C)CCCN(C)c1ccc(/C(N)=N/O)c(Br)c1F. The van der Waals surface area contributed by atoms with Crippen LogP contribution < -0.4 is 10.6 Å². The van der Waals surface area contributed by atoms with E-state index in [2.05, 4.69) is 26.0 Å². The second kappa shape index (κ2) is 7.44. The smallest absolute Gasteiger partial charge is 0.171 e. The van der Waals surface area contributed by atoms with Gasteiger partial charge in [0.05, 0.1) is 10.2 Å². The summed E-state index contributed by atoms with van der Waals surface area (Å²) in [6.07, 6.45) is 0.933. The molecule has 0 aliphatic rings. The molecule has 1 aromatic rings. The lowest BCUT2D eigenvalue weighted by atomic mass is 10.1. The fraction of sp³-hybridized carbons (Fsp3) is 0.462. The highest BCUT2D eigenvalue weighted by Gasteiger charge is 2.16. The predicted molar refractivity (Wildman–Crippen MR) is 83.1 cm³/mol. The Morgan fingerprint density at radius 3 is 2.55 bits per heavy atom. The second-order valence-electron chi connectivity index (χ2n) is 4.82. The number of benzene rings is 1. The number of amidine groups is 1. The molecule has 0 atom stereocenters. The standard InChI is InChI=1S/C13H20BrFN4O/c1-18(2)7-4-8-19(3)10-6-5-9(13(16)17-20)11(14)12(10)15/h5-6,20H,4,7-8H2,1-3H3,(H2,16,17). The Labute approximate surface area is 127 Å². The molecule has 0 aliphatic carbocycles. The highest BCUT2D eigenvalue weighted by atomic mass is 79.9. The summed E-state index contributed by atoms with van der Waals surface area (Å²) < 4.78 is 14.5. The third-order valence-corrected chi connectivity index (χ3v) is 3.73. The van der Waals surface area contributed by atoms with Crippen molar-refractivity contribution in [1.82, 2.24) is 4.90 Å². The molecule has 0 amide bonds. The Bertz CT molecular complexity index is 494. The van der Waals surface area contributed by atoms with Gasteiger partial charge >= 0.3 is 0 Å². The van der Waals surface area contributed by atoms with Gasteiger partial charge in [-0.2, -0.15) is 0 Å². The molecule has 5 nitrogen and oxygen atoms in total. The minimum atomic E-state index is -0.415. The maximum Gasteiger partial charge on any atom is 0.171 e. The van der Waals surface area contributed by atoms with Gasteiger partial charge in [-0.05, 0) is 55.1 Å². The largest absolute Gasteiger partial charge is 0.409 e. The Morgan fingerprint density at radius 2 is 2.00 bits per heavy atom. The molecule has 0 heterocycles. The quantitative estimate of drug-likeness (QED) is 0.358. The van der Waals surface area contributed by atoms with Gasteiger partial charge in [-0.3, -0.25) is 0 Å². The van der Waals surface area contributed by atoms with E-state index in [1.54, 1.807) is 12.1 Å². The van der Waals surface area contributed by atoms with E-state index in [1.165, 1.54) is 0 Å². The van der Waals surface area contributed by atoms with Crippen LogP contribution in [-0.2, 0) is 0 Å². The molecule has 0 unspecified atom stereocenters. The lowest BCUT2D eigenvalue weighted by Crippen LogP contribution is -2.24. The van der Waals surface area contributed by atoms with Crippen molar-refractivity contribution in [1.29, 1.82) is 0 Å². The van der Waals surface area contributed by atoms with Gasteiger partial charge in [-0.1, -0.05) is 5.16 Å². The summed E-state index contributed by atoms with van der Waals surface area (Å²) in [5.74, 6) is -0.543. The lowest BCUT2D eigenvalue weighted by Gasteiger charge is -2.22. The van der Waals surface area contributed by atoms with Gasteiger partial charge in [0.15, 0.2) is 11.7 Å². The normalized spacial score (nSPS) is 12.0. The van der Waals surface area contributed by atoms with Gasteiger partial charge < -0.3 is 20.7 Å². The molecule has 1 aromatic carbocycles. The van der Waals surface area contributed by atoms with E-state index in [9.17, 15) is 4.39 Å². The van der Waals surface area contributed by atoms with Crippen LogP contribution in [0.25, 0.3) is 0 Å². The van der Waals surface area contributed by atoms with Crippen molar-refractivity contribution in [3.8, 4) is 0 Å². The van der Waals surface area contributed by atoms with Crippen LogP contribution in [0.5, 0.6) is 0 Å². The van der Waals surface area contributed by atoms with Crippen molar-refractivity contribution >= 4 is 27.5 Å². The predicted octanol–water partition coefficient (Wildman–Crippen LogP) is 2.07. The zero-order chi connectivity index (χ0) is 15.3. The molecule has 7 heteroatoms. The van der Waals surface area contributed by atoms with Crippen LogP contribution in [0.2, 0.25) is 0 Å². The maximum absolute atomic E-state index is 14.3. The molecule has 0 aliphatic heterocycles. The molecular weight excluding hydrogens is 327 g/mol. The first-order valence-electron chi connectivity index (χ1n) is 6.20. The highest BCUT2D eigenvalue weighted by molar-refractivity contribution is 9.10. The van der Waals surface area contributed by atoms with Crippen LogP contribution in [-0.4, -0.2) is 50.2 Å². The Kier molecular flexibility index (Phi) is 6.22. The van der Waals surface area contributed by atoms with E-state index < -0.39 is 5.82 Å². The van der Waals surface area contributed by atoms with Crippen molar-refractivity contribution in [3.63, 3.8) is 0 Å². The number of hydrogen-bond donors (Lipinski definition) is 2. The molecule has 1 rings (SSSR count). The van der Waals surface area contributed by atoms with Crippen LogP contribution in [0.15, 0.2) is 21.8 Å². The molecular formula is C13H20BrFN4O. The summed E-state index contributed by atoms with van der Waals surface area (Å²) in [5.41, 5.74) is 6.29. The summed E-state index contributed by atoms with van der Waals surface area (Å²) in [4.78, 5) is 3.93. The van der Waals surface area contributed by atoms with E-state index in [0.29, 0.717) is 11.3 Å². The summed E-state index contributed by atoms with van der Waals surface area (Å²) >= 11 is 3.15. The molecule has 3 N–H and O–H groups in total. The van der Waals surface area contributed by atoms with Crippen molar-refractivity contribution in [2.75, 3.05) is 39.1 Å². The van der Waals surface area contributed by atoms with Gasteiger partial charge in [-0.25, -0.2) is 4.39 Å². The zero-order valence-corrected chi connectivity index (χ0v) is 13.5. The monoisotopic (exact) mass is 346 g/mol. The van der Waals surface area contributed by atoms with Gasteiger partial charge in [0.1, 0.15) is 0 Å². The molecule has 0 aromatic heterocycles. The number of hydrogen-bond acceptors (Lipinski definition) is 4. The van der Waals surface area contributed by atoms with E-state index >= 15 is 0 Å². The molecule has 0 spiro atoms. The number of anilines is 1. The fourth-order valence-electron chi connectivity index (χ4n) is 1.83. The summed E-state index contributed by atoms with van der Waals surface area (Å²) in [6.45, 7) is 1.68. The summed E-state index contributed by atoms with van der Waals surface area (Å²) in [7, 11) is 5.84. The van der Waals surface area contributed by atoms with Crippen LogP contribution in [0.1, 0.15) is 12.0 Å². The zero-order valence-electron chi connectivity index (χ0n) is 11.9. The van der Waals surface area contributed by atoms with Gasteiger partial charge in [0.2, 0.25) is 0 Å². The minimum Gasteiger partial charge on any atom is -0.409 e. The van der Waals surface area contributed by atoms with E-state index in [4.69, 9.17) is 10.9 Å². The third-order valence-electron chi connectivity index (χ3n) is 2.96. The molecule has 0 fully saturated rings. The molecule has 20 heavy (non-hydrogen) atoms. The second-order valence-corrected chi connectivity index (χ2v) is 5.62. The van der Waals surface area contributed by atoms with Crippen molar-refractivity contribution < 1.29 is 9.60 Å². The van der Waals surface area contributed by atoms with Gasteiger partial charge in [-0.15, -0.1) is 0 Å². The van der Waals surface area contributed by atoms with E-state index in [-0.39, 0.29) is 10.3 Å². The number of rotatable bonds is 6. The minimum absolute atomic E-state index is 0.127.